The number of likely N-dealkylation sites (tertiary alicyclic amines) is 1. The Hall–Kier alpha value is -9.65. The van der Waals surface area contributed by atoms with Crippen LogP contribution in [0.25, 0.3) is 10.9 Å². The molecule has 2 aliphatic heterocycles. The quantitative estimate of drug-likeness (QED) is 0.0121. The van der Waals surface area contributed by atoms with Gasteiger partial charge in [0.2, 0.25) is 65.0 Å². The number of para-hydroxylation sites is 1. The number of benzene rings is 2. The van der Waals surface area contributed by atoms with Crippen LogP contribution in [0, 0.1) is 5.92 Å². The van der Waals surface area contributed by atoms with Gasteiger partial charge in [-0.3, -0.25) is 57.7 Å². The minimum absolute atomic E-state index is 0.00741. The Balaban J connectivity index is 1.23. The first-order valence-corrected chi connectivity index (χ1v) is 30.9. The van der Waals surface area contributed by atoms with E-state index in [1.165, 1.54) is 46.6 Å². The van der Waals surface area contributed by atoms with E-state index in [4.69, 9.17) is 22.9 Å². The summed E-state index contributed by atoms with van der Waals surface area (Å²) < 4.78 is 0. The molecule has 2 saturated heterocycles. The first kappa shape index (κ1) is 71.4. The van der Waals surface area contributed by atoms with Gasteiger partial charge >= 0.3 is 0 Å². The van der Waals surface area contributed by atoms with E-state index in [0.717, 1.165) is 0 Å². The van der Waals surface area contributed by atoms with Crippen molar-refractivity contribution in [2.75, 3.05) is 39.3 Å². The number of guanidine groups is 1. The van der Waals surface area contributed by atoms with Crippen molar-refractivity contribution in [2.24, 2.45) is 33.8 Å². The molecule has 92 heavy (non-hydrogen) atoms. The number of aromatic nitrogens is 3. The number of nitrogens with two attached hydrogens (primary N) is 4. The number of unbranched alkanes of at least 4 members (excludes halogenated alkanes) is 1. The van der Waals surface area contributed by atoms with Gasteiger partial charge in [-0.05, 0) is 106 Å². The number of nitrogens with zero attached hydrogens (tertiary/aromatic N) is 4. The summed E-state index contributed by atoms with van der Waals surface area (Å²) in [6.07, 6.45) is 5.88. The highest BCUT2D eigenvalue weighted by Gasteiger charge is 2.41. The molecule has 500 valence electrons. The van der Waals surface area contributed by atoms with Crippen LogP contribution in [-0.4, -0.2) is 200 Å². The molecule has 0 unspecified atom stereocenters. The summed E-state index contributed by atoms with van der Waals surface area (Å²) in [5, 5.41) is 43.0. The fraction of sp³-hybridized carbons (Fsp3) is 0.525. The van der Waals surface area contributed by atoms with Gasteiger partial charge in [0.05, 0.1) is 19.5 Å². The first-order valence-electron chi connectivity index (χ1n) is 30.9. The van der Waals surface area contributed by atoms with Crippen LogP contribution >= 0.6 is 0 Å². The van der Waals surface area contributed by atoms with Crippen molar-refractivity contribution in [3.63, 3.8) is 0 Å². The number of phenolic OH excluding ortho intramolecular Hbond substituents is 1. The molecule has 31 nitrogen and oxygen atoms in total. The number of imidazole rings is 1. The number of nitrogens with one attached hydrogen (secondary N) is 10. The number of phenols is 1. The van der Waals surface area contributed by atoms with Crippen LogP contribution in [-0.2, 0) is 72.0 Å². The smallest absolute Gasteiger partial charge is 0.245 e. The number of aromatic hydroxyl groups is 1. The summed E-state index contributed by atoms with van der Waals surface area (Å²) in [5.41, 5.74) is 24.6. The number of hydrogen-bond donors (Lipinski definition) is 16. The molecule has 0 spiro atoms. The molecule has 6 rings (SSSR count). The number of rotatable bonds is 36. The molecule has 4 aromatic rings. The van der Waals surface area contributed by atoms with Crippen LogP contribution in [0.4, 0.5) is 0 Å². The Morgan fingerprint density at radius 1 is 0.728 bits per heavy atom. The average Bonchev–Trinajstić information content (AvgIpc) is 1.64. The number of hydrogen-bond acceptors (Lipinski definition) is 16. The molecule has 2 aromatic heterocycles. The fourth-order valence-electron chi connectivity index (χ4n) is 11.0. The predicted molar refractivity (Wildman–Crippen MR) is 336 cm³/mol. The summed E-state index contributed by atoms with van der Waals surface area (Å²) in [6.45, 7) is 4.50. The molecule has 0 aliphatic carbocycles. The lowest BCUT2D eigenvalue weighted by molar-refractivity contribution is -0.146. The molecule has 4 heterocycles. The molecular weight excluding hydrogens is 1190 g/mol. The number of H-pyrrole nitrogens is 2. The van der Waals surface area contributed by atoms with Crippen molar-refractivity contribution in [3.8, 4) is 5.75 Å². The van der Waals surface area contributed by atoms with Gasteiger partial charge in [0.15, 0.2) is 5.96 Å². The maximum Gasteiger partial charge on any atom is 0.245 e. The highest BCUT2D eigenvalue weighted by molar-refractivity contribution is 6.00. The van der Waals surface area contributed by atoms with Gasteiger partial charge in [0.25, 0.3) is 0 Å². The van der Waals surface area contributed by atoms with E-state index in [2.05, 4.69) is 62.5 Å². The highest BCUT2D eigenvalue weighted by atomic mass is 16.3. The van der Waals surface area contributed by atoms with Crippen molar-refractivity contribution in [3.05, 3.63) is 84.1 Å². The lowest BCUT2D eigenvalue weighted by Crippen LogP contribution is -2.61. The number of aromatic amines is 2. The van der Waals surface area contributed by atoms with E-state index in [-0.39, 0.29) is 120 Å². The second-order valence-electron chi connectivity index (χ2n) is 23.4. The predicted octanol–water partition coefficient (Wildman–Crippen LogP) is -3.16. The fourth-order valence-corrected chi connectivity index (χ4v) is 11.0. The molecule has 31 heteroatoms. The van der Waals surface area contributed by atoms with Crippen LogP contribution in [0.15, 0.2) is 72.2 Å². The molecule has 11 amide bonds. The van der Waals surface area contributed by atoms with Crippen molar-refractivity contribution in [1.29, 1.82) is 0 Å². The normalized spacial score (nSPS) is 16.8. The third kappa shape index (κ3) is 21.2. The van der Waals surface area contributed by atoms with Crippen LogP contribution in [0.5, 0.6) is 5.75 Å². The zero-order valence-corrected chi connectivity index (χ0v) is 52.0. The number of likely N-dealkylation sites (N-methyl/N-ethyl adjacent to an activating group) is 1. The zero-order valence-electron chi connectivity index (χ0n) is 52.0. The Morgan fingerprint density at radius 2 is 1.34 bits per heavy atom. The largest absolute Gasteiger partial charge is 0.508 e. The molecule has 9 atom stereocenters. The van der Waals surface area contributed by atoms with E-state index in [1.54, 1.807) is 51.2 Å². The first-order chi connectivity index (χ1) is 44.0. The van der Waals surface area contributed by atoms with E-state index < -0.39 is 120 Å². The van der Waals surface area contributed by atoms with E-state index in [1.807, 2.05) is 0 Å². The standard InChI is InChI=1S/C61H88N18O13/c1-4-78(31-50(63)82)60(92)49-15-10-24-79(49)59(91)43(14-9-23-67-61(64)65)72-54(86)44(25-34(2)3)73-52(84)41(13-7-8-22-62)71-55(87)45(26-35-16-18-38(81)19-17-35)74-58(90)48(32-80)77-56(88)46(27-36-29-68-40-12-6-5-11-39(36)40)75-57(89)47(28-37-30-66-33-69-37)76-53(85)42-20-21-51(83)70-42/h5-6,11-12,16-19,29-30,33-34,41-49,68,80-81H,4,7-10,13-15,20-28,31-32,62H2,1-3H3,(H2,63,82)(H,66,69)(H,70,83)(H,71,87)(H,72,86)(H,73,84)(H,74,90)(H,75,89)(H,76,85)(H,77,88)(H4,64,65,67)/t41-,42+,43+,44+,45+,46+,47+,48+,49+/m1/s1. The highest BCUT2D eigenvalue weighted by Crippen LogP contribution is 2.23. The number of carbonyl (C=O) groups excluding carboxylic acids is 11. The van der Waals surface area contributed by atoms with Crippen molar-refractivity contribution in [2.45, 2.75) is 159 Å². The summed E-state index contributed by atoms with van der Waals surface area (Å²) in [7, 11) is 0. The van der Waals surface area contributed by atoms with Gasteiger partial charge < -0.3 is 95.4 Å². The van der Waals surface area contributed by atoms with E-state index >= 15 is 0 Å². The molecule has 2 fully saturated rings. The topological polar surface area (TPSA) is 492 Å². The maximum atomic E-state index is 14.8. The van der Waals surface area contributed by atoms with Crippen molar-refractivity contribution < 1.29 is 63.0 Å². The SMILES string of the molecule is CCN(CC(N)=O)C(=O)[C@@H]1CCCN1C(=O)[C@H](CCCN=C(N)N)NC(=O)[C@H](CC(C)C)NC(=O)[C@@H](CCCCN)NC(=O)[C@H](Cc1ccc(O)cc1)NC(=O)[C@H](CO)NC(=O)[C@H](Cc1c[nH]c2ccccc12)NC(=O)[C@H](Cc1cnc[nH]1)NC(=O)[C@@H]1CCC(=O)N1. The number of carbonyl (C=O) groups is 11. The van der Waals surface area contributed by atoms with Gasteiger partial charge in [0, 0.05) is 74.3 Å². The van der Waals surface area contributed by atoms with Crippen LogP contribution < -0.4 is 65.5 Å². The monoisotopic (exact) mass is 1280 g/mol. The average molecular weight is 1280 g/mol. The van der Waals surface area contributed by atoms with Gasteiger partial charge in [-0.2, -0.15) is 0 Å². The Bertz CT molecular complexity index is 3230. The molecule has 0 bridgehead atoms. The number of fused-ring (bicyclic) bond motifs is 1. The molecule has 20 N–H and O–H groups in total. The van der Waals surface area contributed by atoms with Gasteiger partial charge in [-0.25, -0.2) is 4.98 Å². The second kappa shape index (κ2) is 35.1. The lowest BCUT2D eigenvalue weighted by atomic mass is 10.00. The zero-order chi connectivity index (χ0) is 67.0. The van der Waals surface area contributed by atoms with Crippen LogP contribution in [0.3, 0.4) is 0 Å². The Labute approximate surface area is 531 Å². The van der Waals surface area contributed by atoms with Crippen molar-refractivity contribution in [1.82, 2.24) is 67.3 Å². The van der Waals surface area contributed by atoms with E-state index in [0.29, 0.717) is 47.0 Å². The third-order valence-electron chi connectivity index (χ3n) is 15.8. The van der Waals surface area contributed by atoms with Gasteiger partial charge in [-0.15, -0.1) is 0 Å². The number of amides is 11. The number of aliphatic hydroxyl groups excluding tert-OH is 1. The summed E-state index contributed by atoms with van der Waals surface area (Å²) >= 11 is 0. The number of aliphatic imine (C=N–C) groups is 1. The molecular formula is C61H88N18O13. The minimum atomic E-state index is -1.78. The van der Waals surface area contributed by atoms with Crippen LogP contribution in [0.2, 0.25) is 0 Å². The van der Waals surface area contributed by atoms with E-state index in [9.17, 15) is 63.0 Å². The van der Waals surface area contributed by atoms with Gasteiger partial charge in [0.1, 0.15) is 60.1 Å². The van der Waals surface area contributed by atoms with Crippen LogP contribution in [0.1, 0.15) is 102 Å². The summed E-state index contributed by atoms with van der Waals surface area (Å²) in [6, 6.07) is 0.902. The summed E-state index contributed by atoms with van der Waals surface area (Å²) in [5.74, 6) is -8.68. The Morgan fingerprint density at radius 3 is 1.96 bits per heavy atom. The maximum absolute atomic E-state index is 14.8. The molecule has 2 aliphatic rings. The second-order valence-corrected chi connectivity index (χ2v) is 23.4. The minimum Gasteiger partial charge on any atom is -0.508 e. The van der Waals surface area contributed by atoms with Crippen molar-refractivity contribution >= 4 is 81.8 Å². The Kier molecular flexibility index (Phi) is 27.2. The molecule has 0 saturated carbocycles. The number of primary amides is 1. The number of aliphatic hydroxyl groups is 1. The lowest BCUT2D eigenvalue weighted by Gasteiger charge is -2.32. The molecule has 0 radical (unpaired) electrons. The molecule has 2 aromatic carbocycles. The van der Waals surface area contributed by atoms with Gasteiger partial charge in [-0.1, -0.05) is 44.2 Å². The summed E-state index contributed by atoms with van der Waals surface area (Å²) in [4.78, 5) is 170. The third-order valence-corrected chi connectivity index (χ3v) is 15.8.